The van der Waals surface area contributed by atoms with Crippen LogP contribution in [0.15, 0.2) is 22.8 Å². The van der Waals surface area contributed by atoms with Gasteiger partial charge in [0.05, 0.1) is 18.1 Å². The van der Waals surface area contributed by atoms with E-state index in [2.05, 4.69) is 27.7 Å². The Labute approximate surface area is 296 Å². The van der Waals surface area contributed by atoms with Crippen molar-refractivity contribution in [2.75, 3.05) is 6.61 Å². The van der Waals surface area contributed by atoms with Gasteiger partial charge in [0.1, 0.15) is 0 Å². The Balaban J connectivity index is 1.46. The molecule has 1 aliphatic heterocycles. The molecule has 4 unspecified atom stereocenters. The van der Waals surface area contributed by atoms with Crippen molar-refractivity contribution in [3.63, 3.8) is 0 Å². The molecule has 0 aromatic carbocycles. The van der Waals surface area contributed by atoms with Gasteiger partial charge in [0, 0.05) is 29.5 Å². The number of fused-ring (bicyclic) bond motifs is 7. The fraction of sp³-hybridized carbons (Fsp3) is 0.829. The number of aliphatic hydroxyl groups excluding tert-OH is 1. The molecule has 13 atom stereocenters. The summed E-state index contributed by atoms with van der Waals surface area (Å²) in [6.45, 7) is 12.9. The third kappa shape index (κ3) is 4.71. The zero-order valence-corrected chi connectivity index (χ0v) is 30.6. The monoisotopic (exact) mass is 671 g/mol. The first-order chi connectivity index (χ1) is 24.5. The zero-order chi connectivity index (χ0) is 39.4. The number of aliphatic hydroxyl groups is 1. The largest absolute Gasteiger partial charge is 0.457 e. The number of hydrogen-bond donors (Lipinski definition) is 1. The smallest absolute Gasteiger partial charge is 0.309 e. The highest BCUT2D eigenvalue weighted by atomic mass is 16.7. The lowest BCUT2D eigenvalue weighted by Crippen LogP contribution is -2.69. The summed E-state index contributed by atoms with van der Waals surface area (Å²) in [5.74, 6) is -7.39. The molecule has 7 nitrogen and oxygen atoms in total. The highest BCUT2D eigenvalue weighted by Crippen LogP contribution is 2.74. The van der Waals surface area contributed by atoms with Crippen LogP contribution in [0.25, 0.3) is 0 Å². The first-order valence-corrected chi connectivity index (χ1v) is 18.7. The van der Waals surface area contributed by atoms with E-state index in [0.29, 0.717) is 25.2 Å². The van der Waals surface area contributed by atoms with Crippen LogP contribution in [0.3, 0.4) is 0 Å². The van der Waals surface area contributed by atoms with E-state index in [9.17, 15) is 14.7 Å². The maximum atomic E-state index is 15.2. The molecule has 0 aromatic heterocycles. The van der Waals surface area contributed by atoms with Crippen molar-refractivity contribution in [2.24, 2.45) is 64.0 Å². The van der Waals surface area contributed by atoms with E-state index >= 15 is 4.79 Å². The summed E-state index contributed by atoms with van der Waals surface area (Å²) in [5, 5.41) is 12.9. The summed E-state index contributed by atoms with van der Waals surface area (Å²) in [4.78, 5) is 41.9. The first-order valence-electron chi connectivity index (χ1n) is 21.2. The third-order valence-electron chi connectivity index (χ3n) is 14.7. The van der Waals surface area contributed by atoms with Crippen LogP contribution in [0.5, 0.6) is 0 Å². The summed E-state index contributed by atoms with van der Waals surface area (Å²) in [6, 6.07) is 0. The second kappa shape index (κ2) is 12.7. The first kappa shape index (κ1) is 29.9. The fourth-order valence-corrected chi connectivity index (χ4v) is 12.4. The molecule has 1 N–H and O–H groups in total. The number of Topliss-reactive ketones (excluding diaryl/α,β-unsaturated/α-hetero) is 1. The van der Waals surface area contributed by atoms with Crippen LogP contribution in [0.1, 0.15) is 127 Å². The van der Waals surface area contributed by atoms with Gasteiger partial charge in [0.15, 0.2) is 24.3 Å². The SMILES string of the molecule is [2H]C([2H])([2H])C([2H])(C(=O)OCC(=O)[C@@]12O[C@@H](C3CCCCC3C)O[C@@H]1C[C@H]1[C@@H]3CCC4=CC(=O)C(C)=C(C)[C@]4(C(C)C)[C@H]3[C@@H](O)C(C)[C@@]12CC)C([2H])(C)C. The van der Waals surface area contributed by atoms with Gasteiger partial charge < -0.3 is 19.3 Å². The summed E-state index contributed by atoms with van der Waals surface area (Å²) < 4.78 is 60.8. The second-order valence-electron chi connectivity index (χ2n) is 16.7. The van der Waals surface area contributed by atoms with Gasteiger partial charge in [-0.15, -0.1) is 0 Å². The molecule has 1 heterocycles. The molecule has 48 heavy (non-hydrogen) atoms. The van der Waals surface area contributed by atoms with Gasteiger partial charge in [-0.1, -0.05) is 85.7 Å². The van der Waals surface area contributed by atoms with Gasteiger partial charge in [-0.2, -0.15) is 0 Å². The van der Waals surface area contributed by atoms with Crippen LogP contribution in [-0.4, -0.2) is 53.3 Å². The van der Waals surface area contributed by atoms with E-state index in [-0.39, 0.29) is 35.4 Å². The minimum Gasteiger partial charge on any atom is -0.457 e. The number of hydrogen-bond acceptors (Lipinski definition) is 7. The topological polar surface area (TPSA) is 99.1 Å². The van der Waals surface area contributed by atoms with Crippen LogP contribution < -0.4 is 0 Å². The minimum atomic E-state index is -3.19. The molecule has 0 aromatic rings. The van der Waals surface area contributed by atoms with E-state index in [0.717, 1.165) is 48.8 Å². The quantitative estimate of drug-likeness (QED) is 0.265. The zero-order valence-electron chi connectivity index (χ0n) is 35.6. The lowest BCUT2D eigenvalue weighted by Gasteiger charge is -2.66. The molecule has 6 aliphatic rings. The molecule has 1 saturated heterocycles. The molecule has 7 heteroatoms. The summed E-state index contributed by atoms with van der Waals surface area (Å²) in [5.41, 5.74) is -0.247. The van der Waals surface area contributed by atoms with Gasteiger partial charge in [0.2, 0.25) is 5.78 Å². The summed E-state index contributed by atoms with van der Waals surface area (Å²) in [7, 11) is 0. The number of rotatable bonds is 8. The number of ether oxygens (including phenoxy) is 3. The normalized spacial score (nSPS) is 47.2. The maximum absolute atomic E-state index is 15.2. The van der Waals surface area contributed by atoms with Crippen LogP contribution in [0, 0.1) is 64.0 Å². The molecule has 0 radical (unpaired) electrons. The lowest BCUT2D eigenvalue weighted by molar-refractivity contribution is -0.241. The van der Waals surface area contributed by atoms with E-state index < -0.39 is 77.8 Å². The highest BCUT2D eigenvalue weighted by molar-refractivity contribution is 6.06. The van der Waals surface area contributed by atoms with Gasteiger partial charge in [0.25, 0.3) is 0 Å². The highest BCUT2D eigenvalue weighted by Gasteiger charge is 2.80. The van der Waals surface area contributed by atoms with Crippen molar-refractivity contribution < 1.29 is 40.6 Å². The molecular formula is C41H62O7. The average molecular weight is 672 g/mol. The van der Waals surface area contributed by atoms with Crippen LogP contribution in [0.2, 0.25) is 0 Å². The van der Waals surface area contributed by atoms with Crippen LogP contribution >= 0.6 is 0 Å². The van der Waals surface area contributed by atoms with Crippen molar-refractivity contribution in [2.45, 2.75) is 145 Å². The molecule has 0 bridgehead atoms. The van der Waals surface area contributed by atoms with Crippen LogP contribution in [0.4, 0.5) is 0 Å². The van der Waals surface area contributed by atoms with E-state index in [1.807, 2.05) is 26.8 Å². The summed E-state index contributed by atoms with van der Waals surface area (Å²) in [6.07, 6.45) is 6.02. The standard InChI is InChI=1S/C41H62O7/c1-11-39-27(10)36(44)35-30(17-16-28-18-32(42)25(8)26(9)40(28,35)22(4)5)31(39)19-34-41(39,33(43)20-46-37(45)24(7)21(2)3)48-38(47-34)29-15-13-12-14-23(29)6/h18,21-24,27,29-31,34-36,38,44H,11-17,19-20H2,1-10H3/t23?,24?,27?,29?,30-,31-,34+,35+,36-,38-,39-,40-,41+/m0/s1/i7D3,21D,24D. The van der Waals surface area contributed by atoms with E-state index in [1.165, 1.54) is 13.8 Å². The molecule has 268 valence electrons. The predicted molar refractivity (Wildman–Crippen MR) is 185 cm³/mol. The summed E-state index contributed by atoms with van der Waals surface area (Å²) >= 11 is 0. The average Bonchev–Trinajstić information content (AvgIpc) is 3.59. The van der Waals surface area contributed by atoms with Gasteiger partial charge in [-0.25, -0.2) is 0 Å². The minimum absolute atomic E-state index is 0.0248. The molecular weight excluding hydrogens is 604 g/mol. The van der Waals surface area contributed by atoms with E-state index in [4.69, 9.17) is 21.1 Å². The van der Waals surface area contributed by atoms with Crippen molar-refractivity contribution >= 4 is 17.5 Å². The Morgan fingerprint density at radius 3 is 2.46 bits per heavy atom. The number of allylic oxidation sites excluding steroid dienone is 4. The predicted octanol–water partition coefficient (Wildman–Crippen LogP) is 7.64. The number of esters is 1. The van der Waals surface area contributed by atoms with Gasteiger partial charge in [-0.05, 0) is 93.1 Å². The third-order valence-corrected chi connectivity index (χ3v) is 14.7. The Bertz CT molecular complexity index is 1560. The Morgan fingerprint density at radius 2 is 1.83 bits per heavy atom. The van der Waals surface area contributed by atoms with Crippen molar-refractivity contribution in [3.05, 3.63) is 22.8 Å². The van der Waals surface area contributed by atoms with Gasteiger partial charge in [-0.3, -0.25) is 14.4 Å². The molecule has 5 fully saturated rings. The molecule has 5 aliphatic carbocycles. The Morgan fingerprint density at radius 1 is 1.12 bits per heavy atom. The second-order valence-corrected chi connectivity index (χ2v) is 16.7. The Hall–Kier alpha value is -1.83. The molecule has 4 saturated carbocycles. The van der Waals surface area contributed by atoms with E-state index in [1.54, 1.807) is 0 Å². The number of ketones is 2. The maximum Gasteiger partial charge on any atom is 0.309 e. The number of carbonyl (C=O) groups is 3. The van der Waals surface area contributed by atoms with Crippen molar-refractivity contribution in [1.82, 2.24) is 0 Å². The number of carbonyl (C=O) groups excluding carboxylic acids is 3. The fourth-order valence-electron chi connectivity index (χ4n) is 12.4. The van der Waals surface area contributed by atoms with Crippen molar-refractivity contribution in [1.29, 1.82) is 0 Å². The molecule has 0 amide bonds. The van der Waals surface area contributed by atoms with Crippen molar-refractivity contribution in [3.8, 4) is 0 Å². The molecule has 6 rings (SSSR count). The Kier molecular flexibility index (Phi) is 7.92. The lowest BCUT2D eigenvalue weighted by atomic mass is 9.39. The van der Waals surface area contributed by atoms with Crippen LogP contribution in [-0.2, 0) is 28.6 Å². The van der Waals surface area contributed by atoms with Gasteiger partial charge >= 0.3 is 5.97 Å². The molecule has 0 spiro atoms.